The molecule has 0 radical (unpaired) electrons. The third-order valence-electron chi connectivity index (χ3n) is 12.6. The van der Waals surface area contributed by atoms with Crippen LogP contribution in [-0.4, -0.2) is 106 Å². The maximum absolute atomic E-state index is 13.4. The van der Waals surface area contributed by atoms with Crippen molar-refractivity contribution in [3.63, 3.8) is 0 Å². The summed E-state index contributed by atoms with van der Waals surface area (Å²) in [5, 5.41) is 5.18. The molecule has 0 aliphatic carbocycles. The summed E-state index contributed by atoms with van der Waals surface area (Å²) in [5.74, 6) is -0.197. The highest BCUT2D eigenvalue weighted by Gasteiger charge is 2.45. The monoisotopic (exact) mass is 860 g/mol. The second-order valence-corrected chi connectivity index (χ2v) is 17.8. The quantitative estimate of drug-likeness (QED) is 0.0677. The minimum atomic E-state index is -0.991. The third kappa shape index (κ3) is 11.2. The van der Waals surface area contributed by atoms with E-state index in [-0.39, 0.29) is 36.1 Å². The van der Waals surface area contributed by atoms with Gasteiger partial charge in [0.25, 0.3) is 17.7 Å². The lowest BCUT2D eigenvalue weighted by Gasteiger charge is -2.33. The van der Waals surface area contributed by atoms with E-state index >= 15 is 0 Å². The summed E-state index contributed by atoms with van der Waals surface area (Å²) in [4.78, 5) is 98.7. The fraction of sp³-hybridized carbons (Fsp3) is 0.458. The van der Waals surface area contributed by atoms with Crippen molar-refractivity contribution in [1.29, 1.82) is 0 Å². The number of carbonyl (C=O) groups is 7. The number of benzene rings is 2. The molecule has 7 amide bonds. The molecule has 2 aromatic carbocycles. The van der Waals surface area contributed by atoms with Crippen LogP contribution in [0.1, 0.15) is 132 Å². The summed E-state index contributed by atoms with van der Waals surface area (Å²) in [6.07, 6.45) is 16.8. The molecule has 62 heavy (non-hydrogen) atoms. The van der Waals surface area contributed by atoms with E-state index in [9.17, 15) is 33.6 Å². The van der Waals surface area contributed by atoms with E-state index in [1.165, 1.54) is 17.3 Å². The average molecular weight is 861 g/mol. The molecular weight excluding hydrogens is 805 g/mol. The minimum Gasteiger partial charge on any atom is -0.353 e. The number of aromatic nitrogens is 1. The number of thioether (sulfide) groups is 1. The van der Waals surface area contributed by atoms with Gasteiger partial charge in [0.1, 0.15) is 6.04 Å². The highest BCUT2D eigenvalue weighted by molar-refractivity contribution is 7.99. The summed E-state index contributed by atoms with van der Waals surface area (Å²) < 4.78 is 0. The van der Waals surface area contributed by atoms with Gasteiger partial charge in [-0.25, -0.2) is 0 Å². The summed E-state index contributed by atoms with van der Waals surface area (Å²) in [5.41, 5.74) is 3.43. The molecule has 0 bridgehead atoms. The van der Waals surface area contributed by atoms with Crippen LogP contribution in [0.15, 0.2) is 78.0 Å². The van der Waals surface area contributed by atoms with Crippen molar-refractivity contribution in [3.8, 4) is 0 Å². The largest absolute Gasteiger partial charge is 0.353 e. The van der Waals surface area contributed by atoms with Gasteiger partial charge in [-0.15, -0.1) is 11.8 Å². The third-order valence-corrected chi connectivity index (χ3v) is 13.7. The molecular formula is C48H56N6O7S. The molecule has 7 rings (SSSR count). The first-order chi connectivity index (χ1) is 30.2. The van der Waals surface area contributed by atoms with Crippen LogP contribution in [0.5, 0.6) is 0 Å². The first kappa shape index (κ1) is 44.4. The smallest absolute Gasteiger partial charge is 0.263 e. The molecule has 0 spiro atoms. The fourth-order valence-corrected chi connectivity index (χ4v) is 10.0. The molecule has 3 fully saturated rings. The van der Waals surface area contributed by atoms with Gasteiger partial charge in [0.15, 0.2) is 0 Å². The summed E-state index contributed by atoms with van der Waals surface area (Å²) in [7, 11) is 0. The number of fused-ring (bicyclic) bond motifs is 1. The minimum absolute atomic E-state index is 0.0780. The van der Waals surface area contributed by atoms with Crippen molar-refractivity contribution in [2.45, 2.75) is 100 Å². The van der Waals surface area contributed by atoms with E-state index in [0.29, 0.717) is 35.3 Å². The zero-order valence-corrected chi connectivity index (χ0v) is 36.0. The number of carbonyl (C=O) groups excluding carboxylic acids is 7. The van der Waals surface area contributed by atoms with E-state index in [2.05, 4.69) is 27.8 Å². The number of rotatable bonds is 17. The van der Waals surface area contributed by atoms with Crippen LogP contribution in [0, 0.1) is 5.92 Å². The molecule has 3 aromatic rings. The molecule has 5 heterocycles. The predicted octanol–water partition coefficient (Wildman–Crippen LogP) is 6.39. The topological polar surface area (TPSA) is 166 Å². The highest BCUT2D eigenvalue weighted by atomic mass is 32.2. The van der Waals surface area contributed by atoms with Gasteiger partial charge in [0.2, 0.25) is 23.6 Å². The van der Waals surface area contributed by atoms with E-state index in [1.54, 1.807) is 36.7 Å². The highest BCUT2D eigenvalue weighted by Crippen LogP contribution is 2.35. The van der Waals surface area contributed by atoms with Crippen LogP contribution < -0.4 is 10.6 Å². The number of imide groups is 2. The number of hydrogen-bond donors (Lipinski definition) is 2. The number of unbranched alkanes of at least 4 members (excludes halogenated alkanes) is 3. The number of pyridine rings is 1. The van der Waals surface area contributed by atoms with E-state index in [4.69, 9.17) is 0 Å². The van der Waals surface area contributed by atoms with Crippen LogP contribution in [0.25, 0.3) is 6.08 Å². The Morgan fingerprint density at radius 1 is 0.806 bits per heavy atom. The summed E-state index contributed by atoms with van der Waals surface area (Å²) in [6.45, 7) is 3.62. The number of hydrogen-bond acceptors (Lipinski definition) is 9. The summed E-state index contributed by atoms with van der Waals surface area (Å²) in [6, 6.07) is 16.0. The Morgan fingerprint density at radius 2 is 1.58 bits per heavy atom. The fourth-order valence-electron chi connectivity index (χ4n) is 8.94. The summed E-state index contributed by atoms with van der Waals surface area (Å²) >= 11 is 1.50. The van der Waals surface area contributed by atoms with Crippen LogP contribution >= 0.6 is 11.8 Å². The van der Waals surface area contributed by atoms with Crippen LogP contribution in [0.3, 0.4) is 0 Å². The van der Waals surface area contributed by atoms with Crippen molar-refractivity contribution in [3.05, 3.63) is 101 Å². The molecule has 1 unspecified atom stereocenters. The Labute approximate surface area is 367 Å². The number of amides is 7. The molecule has 14 heteroatoms. The number of piperidine rings is 3. The van der Waals surface area contributed by atoms with Gasteiger partial charge in [-0.3, -0.25) is 48.8 Å². The van der Waals surface area contributed by atoms with E-state index in [0.717, 1.165) is 112 Å². The Hall–Kier alpha value is -5.63. The molecule has 13 nitrogen and oxygen atoms in total. The van der Waals surface area contributed by atoms with Crippen molar-refractivity contribution >= 4 is 59.2 Å². The molecule has 0 saturated carbocycles. The van der Waals surface area contributed by atoms with Gasteiger partial charge in [0, 0.05) is 74.5 Å². The second-order valence-electron chi connectivity index (χ2n) is 16.7. The van der Waals surface area contributed by atoms with E-state index in [1.807, 2.05) is 40.1 Å². The second kappa shape index (κ2) is 21.4. The van der Waals surface area contributed by atoms with Crippen molar-refractivity contribution in [2.24, 2.45) is 5.92 Å². The number of nitrogens with one attached hydrogen (secondary N) is 2. The Bertz CT molecular complexity index is 2150. The van der Waals surface area contributed by atoms with Crippen molar-refractivity contribution in [1.82, 2.24) is 30.3 Å². The van der Waals surface area contributed by atoms with Crippen LogP contribution in [0.2, 0.25) is 0 Å². The molecule has 3 saturated heterocycles. The molecule has 2 N–H and O–H groups in total. The van der Waals surface area contributed by atoms with E-state index < -0.39 is 29.7 Å². The van der Waals surface area contributed by atoms with Crippen LogP contribution in [0.4, 0.5) is 0 Å². The maximum Gasteiger partial charge on any atom is 0.263 e. The Morgan fingerprint density at radius 3 is 2.32 bits per heavy atom. The first-order valence-corrected chi connectivity index (χ1v) is 23.1. The predicted molar refractivity (Wildman–Crippen MR) is 236 cm³/mol. The number of nitrogens with zero attached hydrogens (tertiary/aromatic N) is 4. The lowest BCUT2D eigenvalue weighted by molar-refractivity contribution is -0.136. The van der Waals surface area contributed by atoms with Crippen molar-refractivity contribution < 1.29 is 33.6 Å². The Kier molecular flexibility index (Phi) is 15.4. The normalized spacial score (nSPS) is 18.6. The van der Waals surface area contributed by atoms with Gasteiger partial charge in [-0.05, 0) is 116 Å². The SMILES string of the molecule is O=C(/C=C/c1cccnc1)NCCCCC1CCN(C(=O)c2ccc(C3CCN(C(=O)CCCCCSc4cccc5c4C(=O)N(C4CCC(=O)NC4=O)C5=O)CC3)cc2)CC1. The molecule has 1 atom stereocenters. The standard InChI is InChI=1S/C48H56N6O7S/c55-41(19-13-34-9-7-25-49-32-34)50-26-4-3-8-33-21-27-53(28-22-33)46(59)37-16-14-35(15-17-37)36-23-29-52(30-24-36)43(57)12-2-1-5-31-62-40-11-6-10-38-44(40)48(61)54(47(38)60)39-18-20-42(56)51-45(39)58/h6-7,9-11,13-17,19,25,32-33,36,39H,1-5,8,12,18,20-24,26-31H2,(H,50,55)(H,51,56,58)/b19-13+. The van der Waals surface area contributed by atoms with Gasteiger partial charge >= 0.3 is 0 Å². The Balaban J connectivity index is 0.747. The maximum atomic E-state index is 13.4. The lowest BCUT2D eigenvalue weighted by Crippen LogP contribution is -2.54. The molecule has 326 valence electrons. The molecule has 4 aliphatic rings. The lowest BCUT2D eigenvalue weighted by atomic mass is 9.88. The molecule has 1 aromatic heterocycles. The van der Waals surface area contributed by atoms with Crippen molar-refractivity contribution in [2.75, 3.05) is 38.5 Å². The zero-order chi connectivity index (χ0) is 43.4. The van der Waals surface area contributed by atoms with Gasteiger partial charge in [0.05, 0.1) is 11.1 Å². The van der Waals surface area contributed by atoms with Crippen LogP contribution in [-0.2, 0) is 19.2 Å². The first-order valence-electron chi connectivity index (χ1n) is 22.2. The average Bonchev–Trinajstić information content (AvgIpc) is 3.55. The van der Waals surface area contributed by atoms with Gasteiger partial charge in [-0.1, -0.05) is 43.5 Å². The number of likely N-dealkylation sites (tertiary alicyclic amines) is 2. The zero-order valence-electron chi connectivity index (χ0n) is 35.2. The van der Waals surface area contributed by atoms with Gasteiger partial charge in [-0.2, -0.15) is 0 Å². The molecule has 4 aliphatic heterocycles. The van der Waals surface area contributed by atoms with Gasteiger partial charge < -0.3 is 15.1 Å².